The van der Waals surface area contributed by atoms with Crippen LogP contribution in [0.2, 0.25) is 0 Å². The summed E-state index contributed by atoms with van der Waals surface area (Å²) in [6.45, 7) is 3.11. The van der Waals surface area contributed by atoms with Crippen molar-refractivity contribution in [1.82, 2.24) is 20.3 Å². The molecule has 2 heterocycles. The molecular formula is C19H23FN4O3. The van der Waals surface area contributed by atoms with Crippen LogP contribution in [0.5, 0.6) is 0 Å². The highest BCUT2D eigenvalue weighted by Crippen LogP contribution is 2.16. The fraction of sp³-hybridized carbons (Fsp3) is 0.421. The standard InChI is InChI=1S/C19H23FN4O3/c1-13-11-15(22-27-13)12-23(2)19(26)21-14-7-9-24(10-8-14)18(25)16-5-3-4-6-17(16)20/h3-6,11,14H,7-10,12H2,1-2H3,(H,21,26). The van der Waals surface area contributed by atoms with E-state index in [4.69, 9.17) is 4.52 Å². The van der Waals surface area contributed by atoms with Crippen molar-refractivity contribution in [2.24, 2.45) is 0 Å². The summed E-state index contributed by atoms with van der Waals surface area (Å²) in [4.78, 5) is 27.9. The number of amides is 3. The Morgan fingerprint density at radius 2 is 2.04 bits per heavy atom. The van der Waals surface area contributed by atoms with Crippen LogP contribution in [0.15, 0.2) is 34.9 Å². The van der Waals surface area contributed by atoms with E-state index in [1.807, 2.05) is 0 Å². The highest BCUT2D eigenvalue weighted by molar-refractivity contribution is 5.94. The van der Waals surface area contributed by atoms with E-state index in [0.29, 0.717) is 43.9 Å². The molecular weight excluding hydrogens is 351 g/mol. The van der Waals surface area contributed by atoms with E-state index >= 15 is 0 Å². The largest absolute Gasteiger partial charge is 0.361 e. The van der Waals surface area contributed by atoms with Gasteiger partial charge in [-0.05, 0) is 31.9 Å². The van der Waals surface area contributed by atoms with Gasteiger partial charge in [0.05, 0.1) is 12.1 Å². The van der Waals surface area contributed by atoms with E-state index in [1.54, 1.807) is 37.1 Å². The average Bonchev–Trinajstić information content (AvgIpc) is 3.07. The van der Waals surface area contributed by atoms with Crippen LogP contribution in [0, 0.1) is 12.7 Å². The zero-order valence-corrected chi connectivity index (χ0v) is 15.4. The Morgan fingerprint density at radius 1 is 1.33 bits per heavy atom. The first-order valence-corrected chi connectivity index (χ1v) is 8.91. The van der Waals surface area contributed by atoms with Crippen LogP contribution in [0.3, 0.4) is 0 Å². The lowest BCUT2D eigenvalue weighted by atomic mass is 10.0. The summed E-state index contributed by atoms with van der Waals surface area (Å²) in [6.07, 6.45) is 1.26. The van der Waals surface area contributed by atoms with Gasteiger partial charge in [0.25, 0.3) is 5.91 Å². The van der Waals surface area contributed by atoms with Crippen molar-refractivity contribution in [3.8, 4) is 0 Å². The molecule has 1 aliphatic heterocycles. The lowest BCUT2D eigenvalue weighted by molar-refractivity contribution is 0.0702. The highest BCUT2D eigenvalue weighted by Gasteiger charge is 2.26. The van der Waals surface area contributed by atoms with Crippen LogP contribution in [0.1, 0.15) is 34.7 Å². The lowest BCUT2D eigenvalue weighted by Gasteiger charge is -2.33. The molecule has 0 unspecified atom stereocenters. The second kappa shape index (κ2) is 8.20. The van der Waals surface area contributed by atoms with E-state index in [9.17, 15) is 14.0 Å². The number of likely N-dealkylation sites (tertiary alicyclic amines) is 1. The van der Waals surface area contributed by atoms with Crippen LogP contribution < -0.4 is 5.32 Å². The van der Waals surface area contributed by atoms with E-state index in [-0.39, 0.29) is 23.5 Å². The Hall–Kier alpha value is -2.90. The minimum absolute atomic E-state index is 0.0244. The van der Waals surface area contributed by atoms with Crippen molar-refractivity contribution in [1.29, 1.82) is 0 Å². The number of rotatable bonds is 4. The number of halogens is 1. The molecule has 3 amide bonds. The molecule has 1 aromatic carbocycles. The maximum atomic E-state index is 13.8. The molecule has 0 saturated carbocycles. The molecule has 7 nitrogen and oxygen atoms in total. The second-order valence-corrected chi connectivity index (χ2v) is 6.78. The van der Waals surface area contributed by atoms with Gasteiger partial charge in [-0.25, -0.2) is 9.18 Å². The number of urea groups is 1. The first-order chi connectivity index (χ1) is 12.9. The van der Waals surface area contributed by atoms with Gasteiger partial charge in [-0.3, -0.25) is 4.79 Å². The van der Waals surface area contributed by atoms with Gasteiger partial charge in [0, 0.05) is 32.2 Å². The van der Waals surface area contributed by atoms with Crippen molar-refractivity contribution in [3.05, 3.63) is 53.2 Å². The third-order valence-corrected chi connectivity index (χ3v) is 4.64. The molecule has 1 aromatic heterocycles. The van der Waals surface area contributed by atoms with Crippen molar-refractivity contribution in [2.75, 3.05) is 20.1 Å². The van der Waals surface area contributed by atoms with Crippen molar-refractivity contribution in [2.45, 2.75) is 32.4 Å². The summed E-state index contributed by atoms with van der Waals surface area (Å²) >= 11 is 0. The van der Waals surface area contributed by atoms with E-state index < -0.39 is 5.82 Å². The zero-order valence-electron chi connectivity index (χ0n) is 15.4. The average molecular weight is 374 g/mol. The molecule has 1 N–H and O–H groups in total. The highest BCUT2D eigenvalue weighted by atomic mass is 19.1. The number of piperidine rings is 1. The smallest absolute Gasteiger partial charge is 0.317 e. The monoisotopic (exact) mass is 374 g/mol. The van der Waals surface area contributed by atoms with Gasteiger partial charge in [0.2, 0.25) is 0 Å². The van der Waals surface area contributed by atoms with Gasteiger partial charge in [-0.15, -0.1) is 0 Å². The van der Waals surface area contributed by atoms with Crippen LogP contribution in [-0.4, -0.2) is 53.1 Å². The zero-order chi connectivity index (χ0) is 19.4. The Balaban J connectivity index is 1.48. The van der Waals surface area contributed by atoms with E-state index in [1.165, 1.54) is 17.0 Å². The maximum absolute atomic E-state index is 13.8. The van der Waals surface area contributed by atoms with Crippen LogP contribution in [-0.2, 0) is 6.54 Å². The molecule has 2 aromatic rings. The van der Waals surface area contributed by atoms with Gasteiger partial charge in [0.1, 0.15) is 17.3 Å². The number of hydrogen-bond donors (Lipinski definition) is 1. The molecule has 0 radical (unpaired) electrons. The molecule has 0 atom stereocenters. The molecule has 27 heavy (non-hydrogen) atoms. The predicted molar refractivity (Wildman–Crippen MR) is 96.6 cm³/mol. The minimum Gasteiger partial charge on any atom is -0.361 e. The molecule has 1 aliphatic rings. The summed E-state index contributed by atoms with van der Waals surface area (Å²) in [6, 6.07) is 7.55. The molecule has 0 spiro atoms. The Kier molecular flexibility index (Phi) is 5.73. The molecule has 0 bridgehead atoms. The Bertz CT molecular complexity index is 815. The Morgan fingerprint density at radius 3 is 2.67 bits per heavy atom. The van der Waals surface area contributed by atoms with Gasteiger partial charge in [-0.2, -0.15) is 0 Å². The first kappa shape index (κ1) is 18.9. The summed E-state index contributed by atoms with van der Waals surface area (Å²) < 4.78 is 18.8. The van der Waals surface area contributed by atoms with Crippen LogP contribution in [0.4, 0.5) is 9.18 Å². The molecule has 1 fully saturated rings. The molecule has 3 rings (SSSR count). The number of aromatic nitrogens is 1. The van der Waals surface area contributed by atoms with Crippen molar-refractivity contribution < 1.29 is 18.5 Å². The number of aryl methyl sites for hydroxylation is 1. The summed E-state index contributed by atoms with van der Waals surface area (Å²) in [5.41, 5.74) is 0.776. The fourth-order valence-corrected chi connectivity index (χ4v) is 3.12. The van der Waals surface area contributed by atoms with Crippen LogP contribution in [0.25, 0.3) is 0 Å². The second-order valence-electron chi connectivity index (χ2n) is 6.78. The SMILES string of the molecule is Cc1cc(CN(C)C(=O)NC2CCN(C(=O)c3ccccc3F)CC2)no1. The lowest BCUT2D eigenvalue weighted by Crippen LogP contribution is -2.49. The van der Waals surface area contributed by atoms with Crippen LogP contribution >= 0.6 is 0 Å². The summed E-state index contributed by atoms with van der Waals surface area (Å²) in [5, 5.41) is 6.85. The fourth-order valence-electron chi connectivity index (χ4n) is 3.12. The number of nitrogens with zero attached hydrogens (tertiary/aromatic N) is 3. The molecule has 1 saturated heterocycles. The topological polar surface area (TPSA) is 78.7 Å². The van der Waals surface area contributed by atoms with Gasteiger partial charge in [0.15, 0.2) is 0 Å². The van der Waals surface area contributed by atoms with E-state index in [0.717, 1.165) is 0 Å². The number of carbonyl (C=O) groups is 2. The van der Waals surface area contributed by atoms with Gasteiger partial charge >= 0.3 is 6.03 Å². The summed E-state index contributed by atoms with van der Waals surface area (Å²) in [5.74, 6) is -0.121. The first-order valence-electron chi connectivity index (χ1n) is 8.91. The number of hydrogen-bond acceptors (Lipinski definition) is 4. The minimum atomic E-state index is -0.511. The Labute approximate surface area is 157 Å². The molecule has 8 heteroatoms. The van der Waals surface area contributed by atoms with Crippen molar-refractivity contribution in [3.63, 3.8) is 0 Å². The van der Waals surface area contributed by atoms with Gasteiger partial charge in [-0.1, -0.05) is 17.3 Å². The van der Waals surface area contributed by atoms with E-state index in [2.05, 4.69) is 10.5 Å². The molecule has 144 valence electrons. The summed E-state index contributed by atoms with van der Waals surface area (Å²) in [7, 11) is 1.69. The molecule has 0 aliphatic carbocycles. The van der Waals surface area contributed by atoms with Crippen molar-refractivity contribution >= 4 is 11.9 Å². The third kappa shape index (κ3) is 4.64. The quantitative estimate of drug-likeness (QED) is 0.892. The number of benzene rings is 1. The predicted octanol–water partition coefficient (Wildman–Crippen LogP) is 2.57. The normalized spacial score (nSPS) is 14.9. The number of carbonyl (C=O) groups excluding carboxylic acids is 2. The van der Waals surface area contributed by atoms with Gasteiger partial charge < -0.3 is 19.6 Å². The maximum Gasteiger partial charge on any atom is 0.317 e. The third-order valence-electron chi connectivity index (χ3n) is 4.64. The number of nitrogens with one attached hydrogen (secondary N) is 1.